The van der Waals surface area contributed by atoms with Crippen LogP contribution in [-0.2, 0) is 11.0 Å². The Bertz CT molecular complexity index is 518. The van der Waals surface area contributed by atoms with Gasteiger partial charge in [0.05, 0.1) is 11.6 Å². The fourth-order valence-electron chi connectivity index (χ4n) is 1.49. The fourth-order valence-corrected chi connectivity index (χ4v) is 1.49. The maximum Gasteiger partial charge on any atom is 0.416 e. The number of amides is 1. The number of alkyl halides is 3. The lowest BCUT2D eigenvalue weighted by molar-refractivity contribution is -0.137. The summed E-state index contributed by atoms with van der Waals surface area (Å²) in [7, 11) is 0. The smallest absolute Gasteiger partial charge is 0.325 e. The van der Waals surface area contributed by atoms with E-state index in [2.05, 4.69) is 5.32 Å². The highest BCUT2D eigenvalue weighted by molar-refractivity contribution is 5.94. The lowest BCUT2D eigenvalue weighted by atomic mass is 10.1. The SMILES string of the molecule is CCC(C#N)C(=O)Nc1cc(C(F)(F)F)ccc1C. The summed E-state index contributed by atoms with van der Waals surface area (Å²) in [5, 5.41) is 11.1. The van der Waals surface area contributed by atoms with E-state index in [0.717, 1.165) is 12.1 Å². The molecule has 0 bridgehead atoms. The highest BCUT2D eigenvalue weighted by Gasteiger charge is 2.31. The highest BCUT2D eigenvalue weighted by atomic mass is 19.4. The molecule has 1 aromatic rings. The van der Waals surface area contributed by atoms with Crippen molar-refractivity contribution in [3.05, 3.63) is 29.3 Å². The second kappa shape index (κ2) is 5.74. The first-order chi connectivity index (χ1) is 8.79. The standard InChI is InChI=1S/C13H13F3N2O/c1-3-9(7-17)12(19)18-11-6-10(13(14,15)16)5-4-8(11)2/h4-6,9H,3H2,1-2H3,(H,18,19). The van der Waals surface area contributed by atoms with Gasteiger partial charge in [0.15, 0.2) is 0 Å². The lowest BCUT2D eigenvalue weighted by Gasteiger charge is -2.13. The molecule has 1 atom stereocenters. The normalized spacial score (nSPS) is 12.6. The third-order valence-corrected chi connectivity index (χ3v) is 2.70. The van der Waals surface area contributed by atoms with E-state index in [0.29, 0.717) is 12.0 Å². The quantitative estimate of drug-likeness (QED) is 0.913. The van der Waals surface area contributed by atoms with Crippen LogP contribution in [-0.4, -0.2) is 5.91 Å². The molecule has 0 aliphatic heterocycles. The molecule has 6 heteroatoms. The average molecular weight is 270 g/mol. The Labute approximate surface area is 109 Å². The van der Waals surface area contributed by atoms with Gasteiger partial charge in [-0.05, 0) is 31.0 Å². The monoisotopic (exact) mass is 270 g/mol. The molecule has 0 aromatic heterocycles. The number of hydrogen-bond acceptors (Lipinski definition) is 2. The molecule has 0 heterocycles. The predicted molar refractivity (Wildman–Crippen MR) is 64.2 cm³/mol. The topological polar surface area (TPSA) is 52.9 Å². The molecule has 3 nitrogen and oxygen atoms in total. The molecule has 1 amide bonds. The lowest BCUT2D eigenvalue weighted by Crippen LogP contribution is -2.21. The Balaban J connectivity index is 3.02. The molecule has 0 aliphatic rings. The number of aryl methyl sites for hydroxylation is 1. The highest BCUT2D eigenvalue weighted by Crippen LogP contribution is 2.32. The molecular weight excluding hydrogens is 257 g/mol. The number of carbonyl (C=O) groups excluding carboxylic acids is 1. The zero-order chi connectivity index (χ0) is 14.6. The van der Waals surface area contributed by atoms with Gasteiger partial charge in [-0.3, -0.25) is 4.79 Å². The van der Waals surface area contributed by atoms with Crippen LogP contribution in [0.4, 0.5) is 18.9 Å². The third kappa shape index (κ3) is 3.71. The molecular formula is C13H13F3N2O. The van der Waals surface area contributed by atoms with Gasteiger partial charge in [0.1, 0.15) is 5.92 Å². The number of rotatable bonds is 3. The van der Waals surface area contributed by atoms with Gasteiger partial charge < -0.3 is 5.32 Å². The van der Waals surface area contributed by atoms with Crippen molar-refractivity contribution in [1.29, 1.82) is 5.26 Å². The fraction of sp³-hybridized carbons (Fsp3) is 0.385. The van der Waals surface area contributed by atoms with Crippen LogP contribution in [0, 0.1) is 24.2 Å². The van der Waals surface area contributed by atoms with Gasteiger partial charge >= 0.3 is 6.18 Å². The zero-order valence-corrected chi connectivity index (χ0v) is 10.5. The van der Waals surface area contributed by atoms with Crippen molar-refractivity contribution in [2.24, 2.45) is 5.92 Å². The van der Waals surface area contributed by atoms with E-state index in [-0.39, 0.29) is 5.69 Å². The number of halogens is 3. The van der Waals surface area contributed by atoms with Crippen molar-refractivity contribution in [3.63, 3.8) is 0 Å². The summed E-state index contributed by atoms with van der Waals surface area (Å²) in [6, 6.07) is 4.91. The summed E-state index contributed by atoms with van der Waals surface area (Å²) in [5.41, 5.74) is -0.249. The maximum absolute atomic E-state index is 12.6. The summed E-state index contributed by atoms with van der Waals surface area (Å²) < 4.78 is 37.7. The first-order valence-corrected chi connectivity index (χ1v) is 5.68. The minimum atomic E-state index is -4.47. The molecule has 102 valence electrons. The van der Waals surface area contributed by atoms with Gasteiger partial charge in [-0.1, -0.05) is 13.0 Å². The molecule has 1 unspecified atom stereocenters. The van der Waals surface area contributed by atoms with Crippen molar-refractivity contribution >= 4 is 11.6 Å². The van der Waals surface area contributed by atoms with E-state index >= 15 is 0 Å². The van der Waals surface area contributed by atoms with Crippen molar-refractivity contribution in [1.82, 2.24) is 0 Å². The Kier molecular flexibility index (Phi) is 4.54. The Morgan fingerprint density at radius 3 is 2.58 bits per heavy atom. The zero-order valence-electron chi connectivity index (χ0n) is 10.5. The molecule has 0 spiro atoms. The first kappa shape index (κ1) is 15.0. The number of anilines is 1. The van der Waals surface area contributed by atoms with Crippen molar-refractivity contribution < 1.29 is 18.0 Å². The average Bonchev–Trinajstić information content (AvgIpc) is 2.32. The molecule has 1 aromatic carbocycles. The molecule has 1 rings (SSSR count). The summed E-state index contributed by atoms with van der Waals surface area (Å²) >= 11 is 0. The van der Waals surface area contributed by atoms with Crippen LogP contribution in [0.1, 0.15) is 24.5 Å². The summed E-state index contributed by atoms with van der Waals surface area (Å²) in [4.78, 5) is 11.7. The molecule has 0 fully saturated rings. The van der Waals surface area contributed by atoms with Crippen LogP contribution in [0.25, 0.3) is 0 Å². The maximum atomic E-state index is 12.6. The summed E-state index contributed by atoms with van der Waals surface area (Å²) in [5.74, 6) is -1.46. The van der Waals surface area contributed by atoms with Crippen molar-refractivity contribution in [3.8, 4) is 6.07 Å². The number of hydrogen-bond donors (Lipinski definition) is 1. The van der Waals surface area contributed by atoms with Gasteiger partial charge in [0.25, 0.3) is 0 Å². The van der Waals surface area contributed by atoms with E-state index in [1.165, 1.54) is 6.07 Å². The minimum absolute atomic E-state index is 0.0773. The van der Waals surface area contributed by atoms with Crippen LogP contribution in [0.5, 0.6) is 0 Å². The van der Waals surface area contributed by atoms with Gasteiger partial charge in [-0.25, -0.2) is 0 Å². The summed E-state index contributed by atoms with van der Waals surface area (Å²) in [6.07, 6.45) is -4.16. The number of nitrogens with zero attached hydrogens (tertiary/aromatic N) is 1. The predicted octanol–water partition coefficient (Wildman–Crippen LogP) is 3.50. The van der Waals surface area contributed by atoms with Gasteiger partial charge in [0.2, 0.25) is 5.91 Å². The van der Waals surface area contributed by atoms with Gasteiger partial charge in [-0.2, -0.15) is 18.4 Å². The summed E-state index contributed by atoms with van der Waals surface area (Å²) in [6.45, 7) is 3.25. The minimum Gasteiger partial charge on any atom is -0.325 e. The molecule has 0 aliphatic carbocycles. The van der Waals surface area contributed by atoms with Crippen LogP contribution in [0.2, 0.25) is 0 Å². The molecule has 1 N–H and O–H groups in total. The third-order valence-electron chi connectivity index (χ3n) is 2.70. The number of nitrogens with one attached hydrogen (secondary N) is 1. The van der Waals surface area contributed by atoms with Gasteiger partial charge in [-0.15, -0.1) is 0 Å². The van der Waals surface area contributed by atoms with Crippen LogP contribution in [0.3, 0.4) is 0 Å². The van der Waals surface area contributed by atoms with Crippen LogP contribution in [0.15, 0.2) is 18.2 Å². The number of nitriles is 1. The van der Waals surface area contributed by atoms with E-state index in [1.807, 2.05) is 0 Å². The Hall–Kier alpha value is -2.03. The van der Waals surface area contributed by atoms with E-state index in [1.54, 1.807) is 19.9 Å². The van der Waals surface area contributed by atoms with Crippen molar-refractivity contribution in [2.45, 2.75) is 26.4 Å². The van der Waals surface area contributed by atoms with E-state index in [4.69, 9.17) is 5.26 Å². The second-order valence-corrected chi connectivity index (χ2v) is 4.11. The molecule has 0 saturated heterocycles. The van der Waals surface area contributed by atoms with Crippen LogP contribution < -0.4 is 5.32 Å². The van der Waals surface area contributed by atoms with E-state index in [9.17, 15) is 18.0 Å². The molecule has 0 saturated carbocycles. The molecule has 0 radical (unpaired) electrons. The van der Waals surface area contributed by atoms with Crippen molar-refractivity contribution in [2.75, 3.05) is 5.32 Å². The first-order valence-electron chi connectivity index (χ1n) is 5.68. The van der Waals surface area contributed by atoms with E-state index < -0.39 is 23.6 Å². The van der Waals surface area contributed by atoms with Crippen LogP contribution >= 0.6 is 0 Å². The Morgan fingerprint density at radius 1 is 1.47 bits per heavy atom. The largest absolute Gasteiger partial charge is 0.416 e. The number of benzene rings is 1. The molecule has 19 heavy (non-hydrogen) atoms. The van der Waals surface area contributed by atoms with Gasteiger partial charge in [0, 0.05) is 5.69 Å². The Morgan fingerprint density at radius 2 is 2.11 bits per heavy atom. The number of carbonyl (C=O) groups is 1. The second-order valence-electron chi connectivity index (χ2n) is 4.11.